The van der Waals surface area contributed by atoms with Crippen molar-refractivity contribution in [2.45, 2.75) is 56.3 Å². The van der Waals surface area contributed by atoms with Gasteiger partial charge in [0.1, 0.15) is 5.54 Å². The molecule has 2 heterocycles. The van der Waals surface area contributed by atoms with E-state index in [4.69, 9.17) is 0 Å². The molecule has 4 nitrogen and oxygen atoms in total. The lowest BCUT2D eigenvalue weighted by atomic mass is 9.81. The van der Waals surface area contributed by atoms with Crippen LogP contribution in [0.25, 0.3) is 0 Å². The van der Waals surface area contributed by atoms with Crippen LogP contribution in [0.4, 0.5) is 18.9 Å². The molecule has 148 valence electrons. The lowest BCUT2D eigenvalue weighted by Crippen LogP contribution is -2.58. The number of anilines is 1. The Morgan fingerprint density at radius 1 is 1.00 bits per heavy atom. The fraction of sp³-hybridized carbons (Fsp3) is 0.650. The Labute approximate surface area is 157 Å². The molecule has 0 atom stereocenters. The van der Waals surface area contributed by atoms with E-state index in [1.165, 1.54) is 0 Å². The topological polar surface area (TPSA) is 35.6 Å². The maximum Gasteiger partial charge on any atom is 0.391 e. The number of para-hydroxylation sites is 1. The SMILES string of the molecule is O=C1NCN(c2ccccc2)C12CCN(C1CCC(C(F)(F)F)CC1)CC2. The maximum atomic E-state index is 12.9. The first kappa shape index (κ1) is 18.6. The molecule has 0 unspecified atom stereocenters. The standard InChI is InChI=1S/C20H26F3N3O/c21-20(22,23)15-6-8-16(9-7-15)25-12-10-19(11-13-25)18(27)24-14-26(19)17-4-2-1-3-5-17/h1-5,15-16H,6-14H2,(H,24,27). The van der Waals surface area contributed by atoms with Crippen LogP contribution in [-0.2, 0) is 4.79 Å². The molecule has 27 heavy (non-hydrogen) atoms. The molecule has 3 aliphatic rings. The van der Waals surface area contributed by atoms with E-state index in [0.29, 0.717) is 32.4 Å². The second-order valence-corrected chi connectivity index (χ2v) is 8.04. The molecule has 0 aromatic heterocycles. The van der Waals surface area contributed by atoms with E-state index in [9.17, 15) is 18.0 Å². The number of nitrogens with zero attached hydrogens (tertiary/aromatic N) is 2. The Balaban J connectivity index is 1.40. The highest BCUT2D eigenvalue weighted by molar-refractivity contribution is 5.93. The predicted molar refractivity (Wildman–Crippen MR) is 97.3 cm³/mol. The summed E-state index contributed by atoms with van der Waals surface area (Å²) in [6.07, 6.45) is -0.967. The van der Waals surface area contributed by atoms with Gasteiger partial charge in [0.05, 0.1) is 12.6 Å². The summed E-state index contributed by atoms with van der Waals surface area (Å²) in [6.45, 7) is 2.04. The Hall–Kier alpha value is -1.76. The van der Waals surface area contributed by atoms with Crippen LogP contribution in [0, 0.1) is 5.92 Å². The lowest BCUT2D eigenvalue weighted by molar-refractivity contribution is -0.184. The molecule has 0 radical (unpaired) electrons. The summed E-state index contributed by atoms with van der Waals surface area (Å²) < 4.78 is 38.7. The molecule has 1 amide bonds. The minimum absolute atomic E-state index is 0.0757. The van der Waals surface area contributed by atoms with E-state index in [0.717, 1.165) is 18.8 Å². The zero-order valence-electron chi connectivity index (χ0n) is 15.3. The predicted octanol–water partition coefficient (Wildman–Crippen LogP) is 3.54. The second-order valence-electron chi connectivity index (χ2n) is 8.04. The third-order valence-corrected chi connectivity index (χ3v) is 6.71. The smallest absolute Gasteiger partial charge is 0.339 e. The van der Waals surface area contributed by atoms with E-state index < -0.39 is 17.6 Å². The van der Waals surface area contributed by atoms with Crippen molar-refractivity contribution in [1.29, 1.82) is 0 Å². The van der Waals surface area contributed by atoms with Gasteiger partial charge >= 0.3 is 6.18 Å². The largest absolute Gasteiger partial charge is 0.391 e. The highest BCUT2D eigenvalue weighted by atomic mass is 19.4. The van der Waals surface area contributed by atoms with Crippen molar-refractivity contribution in [3.05, 3.63) is 30.3 Å². The molecular formula is C20H26F3N3O. The number of carbonyl (C=O) groups excluding carboxylic acids is 1. The van der Waals surface area contributed by atoms with Gasteiger partial charge in [0.25, 0.3) is 0 Å². The summed E-state index contributed by atoms with van der Waals surface area (Å²) in [5.74, 6) is -1.06. The van der Waals surface area contributed by atoms with Gasteiger partial charge in [-0.05, 0) is 50.7 Å². The number of alkyl halides is 3. The lowest BCUT2D eigenvalue weighted by Gasteiger charge is -2.46. The number of hydrogen-bond acceptors (Lipinski definition) is 3. The van der Waals surface area contributed by atoms with Crippen LogP contribution in [0.1, 0.15) is 38.5 Å². The number of likely N-dealkylation sites (tertiary alicyclic amines) is 1. The first-order chi connectivity index (χ1) is 12.9. The Bertz CT molecular complexity index is 663. The van der Waals surface area contributed by atoms with Crippen LogP contribution in [-0.4, -0.2) is 48.3 Å². The summed E-state index contributed by atoms with van der Waals surface area (Å²) in [5.41, 5.74) is 0.510. The Kier molecular flexibility index (Phi) is 4.82. The molecule has 1 aromatic carbocycles. The van der Waals surface area contributed by atoms with Gasteiger partial charge in [0, 0.05) is 24.8 Å². The van der Waals surface area contributed by atoms with Crippen LogP contribution >= 0.6 is 0 Å². The number of carbonyl (C=O) groups is 1. The fourth-order valence-corrected chi connectivity index (χ4v) is 5.06. The number of amides is 1. The molecule has 4 rings (SSSR count). The molecule has 7 heteroatoms. The molecule has 1 aromatic rings. The second kappa shape index (κ2) is 7.00. The van der Waals surface area contributed by atoms with Gasteiger partial charge in [-0.25, -0.2) is 0 Å². The van der Waals surface area contributed by atoms with Crippen molar-refractivity contribution in [2.75, 3.05) is 24.7 Å². The van der Waals surface area contributed by atoms with E-state index in [-0.39, 0.29) is 24.8 Å². The first-order valence-electron chi connectivity index (χ1n) is 9.82. The van der Waals surface area contributed by atoms with Gasteiger partial charge in [-0.1, -0.05) is 18.2 Å². The Morgan fingerprint density at radius 3 is 2.22 bits per heavy atom. The summed E-state index contributed by atoms with van der Waals surface area (Å²) >= 11 is 0. The number of halogens is 3. The van der Waals surface area contributed by atoms with Gasteiger partial charge in [-0.15, -0.1) is 0 Å². The van der Waals surface area contributed by atoms with Crippen molar-refractivity contribution in [3.8, 4) is 0 Å². The van der Waals surface area contributed by atoms with Gasteiger partial charge < -0.3 is 15.1 Å². The fourth-order valence-electron chi connectivity index (χ4n) is 5.06. The average Bonchev–Trinajstić information content (AvgIpc) is 2.98. The number of piperidine rings is 1. The molecule has 0 bridgehead atoms. The highest BCUT2D eigenvalue weighted by Crippen LogP contribution is 2.41. The van der Waals surface area contributed by atoms with Crippen molar-refractivity contribution < 1.29 is 18.0 Å². The van der Waals surface area contributed by atoms with Crippen molar-refractivity contribution in [2.24, 2.45) is 5.92 Å². The molecule has 1 aliphatic carbocycles. The van der Waals surface area contributed by atoms with Crippen molar-refractivity contribution in [3.63, 3.8) is 0 Å². The number of hydrogen-bond donors (Lipinski definition) is 1. The minimum Gasteiger partial charge on any atom is -0.339 e. The van der Waals surface area contributed by atoms with Gasteiger partial charge in [-0.3, -0.25) is 4.79 Å². The molecule has 2 saturated heterocycles. The van der Waals surface area contributed by atoms with Crippen LogP contribution in [0.15, 0.2) is 30.3 Å². The quantitative estimate of drug-likeness (QED) is 0.851. The zero-order valence-corrected chi connectivity index (χ0v) is 15.3. The molecule has 2 aliphatic heterocycles. The average molecular weight is 381 g/mol. The zero-order chi connectivity index (χ0) is 19.1. The number of benzene rings is 1. The third-order valence-electron chi connectivity index (χ3n) is 6.71. The third kappa shape index (κ3) is 3.42. The van der Waals surface area contributed by atoms with E-state index in [1.807, 2.05) is 30.3 Å². The summed E-state index contributed by atoms with van der Waals surface area (Å²) in [5, 5.41) is 2.99. The van der Waals surface area contributed by atoms with Crippen LogP contribution in [0.2, 0.25) is 0 Å². The van der Waals surface area contributed by atoms with E-state index >= 15 is 0 Å². The van der Waals surface area contributed by atoms with E-state index in [1.54, 1.807) is 0 Å². The van der Waals surface area contributed by atoms with Gasteiger partial charge in [0.2, 0.25) is 5.91 Å². The molecule has 1 N–H and O–H groups in total. The van der Waals surface area contributed by atoms with Gasteiger partial charge in [-0.2, -0.15) is 13.2 Å². The minimum atomic E-state index is -4.06. The summed E-state index contributed by atoms with van der Waals surface area (Å²) in [6, 6.07) is 10.2. The monoisotopic (exact) mass is 381 g/mol. The normalized spacial score (nSPS) is 29.1. The van der Waals surface area contributed by atoms with Crippen molar-refractivity contribution in [1.82, 2.24) is 10.2 Å². The number of nitrogens with one attached hydrogen (secondary N) is 1. The first-order valence-corrected chi connectivity index (χ1v) is 9.82. The number of rotatable bonds is 2. The highest BCUT2D eigenvalue weighted by Gasteiger charge is 2.51. The maximum absolute atomic E-state index is 12.9. The van der Waals surface area contributed by atoms with Crippen LogP contribution < -0.4 is 10.2 Å². The molecular weight excluding hydrogens is 355 g/mol. The van der Waals surface area contributed by atoms with Crippen LogP contribution in [0.3, 0.4) is 0 Å². The summed E-state index contributed by atoms with van der Waals surface area (Å²) in [4.78, 5) is 17.1. The molecule has 1 saturated carbocycles. The van der Waals surface area contributed by atoms with E-state index in [2.05, 4.69) is 15.1 Å². The Morgan fingerprint density at radius 2 is 1.63 bits per heavy atom. The van der Waals surface area contributed by atoms with Crippen LogP contribution in [0.5, 0.6) is 0 Å². The molecule has 3 fully saturated rings. The van der Waals surface area contributed by atoms with Crippen molar-refractivity contribution >= 4 is 11.6 Å². The van der Waals surface area contributed by atoms with Gasteiger partial charge in [0.15, 0.2) is 0 Å². The summed E-state index contributed by atoms with van der Waals surface area (Å²) in [7, 11) is 0. The molecule has 1 spiro atoms.